The Bertz CT molecular complexity index is 286. The minimum atomic E-state index is -0.441. The van der Waals surface area contributed by atoms with E-state index in [2.05, 4.69) is 4.98 Å². The first-order valence-electron chi connectivity index (χ1n) is 4.25. The molecule has 0 bridgehead atoms. The van der Waals surface area contributed by atoms with Crippen molar-refractivity contribution in [3.8, 4) is 0 Å². The fourth-order valence-corrected chi connectivity index (χ4v) is 1.12. The number of aliphatic hydroxyl groups excluding tert-OH is 1. The normalized spacial score (nSPS) is 11.7. The molecule has 3 heteroatoms. The highest BCUT2D eigenvalue weighted by atomic mass is 19.1. The van der Waals surface area contributed by atoms with Gasteiger partial charge in [-0.3, -0.25) is 0 Å². The second-order valence-electron chi connectivity index (χ2n) is 3.95. The van der Waals surface area contributed by atoms with E-state index in [9.17, 15) is 4.39 Å². The molecule has 1 rings (SSSR count). The van der Waals surface area contributed by atoms with Crippen LogP contribution in [0.2, 0.25) is 0 Å². The lowest BCUT2D eigenvalue weighted by Crippen LogP contribution is -2.20. The van der Waals surface area contributed by atoms with E-state index in [1.54, 1.807) is 12.1 Å². The number of nitrogens with zero attached hydrogens (tertiary/aromatic N) is 1. The topological polar surface area (TPSA) is 33.1 Å². The Labute approximate surface area is 77.4 Å². The summed E-state index contributed by atoms with van der Waals surface area (Å²) < 4.78 is 13.1. The van der Waals surface area contributed by atoms with Crippen LogP contribution < -0.4 is 0 Å². The minimum Gasteiger partial charge on any atom is -0.396 e. The van der Waals surface area contributed by atoms with E-state index >= 15 is 0 Å². The van der Waals surface area contributed by atoms with Gasteiger partial charge in [-0.05, 0) is 17.9 Å². The third-order valence-electron chi connectivity index (χ3n) is 1.93. The molecule has 72 valence electrons. The molecule has 0 amide bonds. The highest BCUT2D eigenvalue weighted by molar-refractivity contribution is 5.12. The van der Waals surface area contributed by atoms with Gasteiger partial charge in [0, 0.05) is 18.4 Å². The van der Waals surface area contributed by atoms with Gasteiger partial charge in [0.05, 0.1) is 0 Å². The summed E-state index contributed by atoms with van der Waals surface area (Å²) >= 11 is 0. The van der Waals surface area contributed by atoms with Crippen LogP contribution >= 0.6 is 0 Å². The number of pyridine rings is 1. The molecule has 0 atom stereocenters. The molecule has 13 heavy (non-hydrogen) atoms. The van der Waals surface area contributed by atoms with Crippen molar-refractivity contribution in [1.82, 2.24) is 4.98 Å². The monoisotopic (exact) mass is 183 g/mol. The van der Waals surface area contributed by atoms with E-state index in [1.807, 2.05) is 13.8 Å². The lowest BCUT2D eigenvalue weighted by molar-refractivity contribution is 0.158. The third-order valence-corrected chi connectivity index (χ3v) is 1.93. The van der Waals surface area contributed by atoms with Gasteiger partial charge in [0.25, 0.3) is 0 Å². The first kappa shape index (κ1) is 10.1. The predicted molar refractivity (Wildman–Crippen MR) is 48.8 cm³/mol. The van der Waals surface area contributed by atoms with Crippen molar-refractivity contribution < 1.29 is 9.50 Å². The maximum absolute atomic E-state index is 13.1. The zero-order valence-electron chi connectivity index (χ0n) is 7.92. The van der Waals surface area contributed by atoms with Gasteiger partial charge in [-0.25, -0.2) is 4.98 Å². The summed E-state index contributed by atoms with van der Waals surface area (Å²) in [6.45, 7) is 3.82. The summed E-state index contributed by atoms with van der Waals surface area (Å²) in [5, 5.41) is 9.00. The summed E-state index contributed by atoms with van der Waals surface area (Å²) in [5.41, 5.74) is 0.269. The van der Waals surface area contributed by atoms with Gasteiger partial charge >= 0.3 is 0 Å². The fraction of sp³-hybridized carbons (Fsp3) is 0.500. The first-order chi connectivity index (χ1) is 6.05. The smallest absolute Gasteiger partial charge is 0.216 e. The zero-order chi connectivity index (χ0) is 9.90. The maximum Gasteiger partial charge on any atom is 0.216 e. The van der Waals surface area contributed by atoms with Gasteiger partial charge in [0.15, 0.2) is 0 Å². The fourth-order valence-electron chi connectivity index (χ4n) is 1.12. The zero-order valence-corrected chi connectivity index (χ0v) is 7.92. The molecule has 2 nitrogen and oxygen atoms in total. The highest BCUT2D eigenvalue weighted by Crippen LogP contribution is 2.21. The molecule has 0 fully saturated rings. The third kappa shape index (κ3) is 2.77. The van der Waals surface area contributed by atoms with Crippen LogP contribution in [-0.2, 0) is 6.42 Å². The van der Waals surface area contributed by atoms with Crippen LogP contribution in [0.25, 0.3) is 0 Å². The Morgan fingerprint density at radius 2 is 2.23 bits per heavy atom. The molecule has 0 unspecified atom stereocenters. The molecule has 0 saturated heterocycles. The largest absolute Gasteiger partial charge is 0.396 e. The molecule has 1 aromatic heterocycles. The Hall–Kier alpha value is -0.960. The second kappa shape index (κ2) is 3.83. The minimum absolute atomic E-state index is 0.0430. The van der Waals surface area contributed by atoms with Crippen molar-refractivity contribution in [1.29, 1.82) is 0 Å². The van der Waals surface area contributed by atoms with Crippen molar-refractivity contribution in [3.05, 3.63) is 29.8 Å². The van der Waals surface area contributed by atoms with Gasteiger partial charge in [-0.15, -0.1) is 0 Å². The summed E-state index contributed by atoms with van der Waals surface area (Å²) in [5.74, 6) is -0.441. The van der Waals surface area contributed by atoms with E-state index in [0.717, 1.165) is 0 Å². The number of halogens is 1. The Kier molecular flexibility index (Phi) is 2.98. The van der Waals surface area contributed by atoms with E-state index in [-0.39, 0.29) is 12.0 Å². The highest BCUT2D eigenvalue weighted by Gasteiger charge is 2.19. The number of rotatable bonds is 3. The molecule has 0 aliphatic rings. The molecule has 1 aromatic rings. The first-order valence-corrected chi connectivity index (χ1v) is 4.25. The number of hydrogen-bond acceptors (Lipinski definition) is 2. The van der Waals surface area contributed by atoms with Crippen LogP contribution in [0.3, 0.4) is 0 Å². The van der Waals surface area contributed by atoms with Crippen LogP contribution in [0, 0.1) is 11.4 Å². The van der Waals surface area contributed by atoms with Crippen LogP contribution in [0.4, 0.5) is 4.39 Å². The van der Waals surface area contributed by atoms with Crippen LogP contribution in [0.5, 0.6) is 0 Å². The van der Waals surface area contributed by atoms with E-state index in [0.29, 0.717) is 12.0 Å². The van der Waals surface area contributed by atoms with Gasteiger partial charge in [-0.1, -0.05) is 19.9 Å². The molecular formula is C10H14FNO. The number of hydrogen-bond donors (Lipinski definition) is 1. The molecule has 1 N–H and O–H groups in total. The van der Waals surface area contributed by atoms with E-state index in [4.69, 9.17) is 5.11 Å². The van der Waals surface area contributed by atoms with Gasteiger partial charge in [0.1, 0.15) is 0 Å². The Morgan fingerprint density at radius 3 is 2.77 bits per heavy atom. The number of aromatic nitrogens is 1. The quantitative estimate of drug-likeness (QED) is 0.724. The van der Waals surface area contributed by atoms with Crippen molar-refractivity contribution in [2.45, 2.75) is 20.3 Å². The maximum atomic E-state index is 13.1. The molecule has 0 aliphatic carbocycles. The Morgan fingerprint density at radius 1 is 1.54 bits per heavy atom. The molecule has 0 radical (unpaired) electrons. The summed E-state index contributed by atoms with van der Waals surface area (Å²) in [6, 6.07) is 3.39. The second-order valence-corrected chi connectivity index (χ2v) is 3.95. The van der Waals surface area contributed by atoms with Crippen molar-refractivity contribution in [3.63, 3.8) is 0 Å². The molecule has 0 aliphatic heterocycles. The van der Waals surface area contributed by atoms with Crippen molar-refractivity contribution in [2.24, 2.45) is 5.41 Å². The number of aliphatic hydroxyl groups is 1. The molecular weight excluding hydrogens is 169 g/mol. The summed E-state index contributed by atoms with van der Waals surface area (Å²) in [4.78, 5) is 3.55. The van der Waals surface area contributed by atoms with E-state index < -0.39 is 5.95 Å². The van der Waals surface area contributed by atoms with Crippen molar-refractivity contribution >= 4 is 0 Å². The summed E-state index contributed by atoms with van der Waals surface area (Å²) in [7, 11) is 0. The molecule has 0 saturated carbocycles. The Balaban J connectivity index is 2.80. The van der Waals surface area contributed by atoms with Gasteiger partial charge < -0.3 is 5.11 Å². The molecule has 0 aromatic carbocycles. The lowest BCUT2D eigenvalue weighted by atomic mass is 9.87. The van der Waals surface area contributed by atoms with Gasteiger partial charge in [-0.2, -0.15) is 4.39 Å². The van der Waals surface area contributed by atoms with Crippen LogP contribution in [0.1, 0.15) is 19.4 Å². The molecule has 1 heterocycles. The van der Waals surface area contributed by atoms with Crippen LogP contribution in [0.15, 0.2) is 18.3 Å². The average Bonchev–Trinajstić information content (AvgIpc) is 2.09. The van der Waals surface area contributed by atoms with Crippen LogP contribution in [-0.4, -0.2) is 16.7 Å². The lowest BCUT2D eigenvalue weighted by Gasteiger charge is -2.21. The van der Waals surface area contributed by atoms with Gasteiger partial charge in [0.2, 0.25) is 5.95 Å². The average molecular weight is 183 g/mol. The predicted octanol–water partition coefficient (Wildman–Crippen LogP) is 1.78. The van der Waals surface area contributed by atoms with Crippen molar-refractivity contribution in [2.75, 3.05) is 6.61 Å². The molecule has 0 spiro atoms. The standard InChI is InChI=1S/C10H14FNO/c1-10(2,7-13)6-8-4-3-5-12-9(8)11/h3-5,13H,6-7H2,1-2H3. The SMILES string of the molecule is CC(C)(CO)Cc1cccnc1F. The summed E-state index contributed by atoms with van der Waals surface area (Å²) in [6.07, 6.45) is 1.92. The van der Waals surface area contributed by atoms with E-state index in [1.165, 1.54) is 6.20 Å².